The summed E-state index contributed by atoms with van der Waals surface area (Å²) in [7, 11) is 0. The Balaban J connectivity index is 2.68. The van der Waals surface area contributed by atoms with Crippen molar-refractivity contribution in [1.29, 1.82) is 0 Å². The third kappa shape index (κ3) is 3.41. The van der Waals surface area contributed by atoms with E-state index in [-0.39, 0.29) is 10.7 Å². The zero-order chi connectivity index (χ0) is 10.8. The minimum atomic E-state index is -4.37. The molecule has 0 aliphatic heterocycles. The Bertz CT molecular complexity index is 324. The monoisotopic (exact) mass is 227 g/mol. The van der Waals surface area contributed by atoms with E-state index in [1.807, 2.05) is 5.32 Å². The largest absolute Gasteiger partial charge is 0.405 e. The number of hydrogen-bond donors (Lipinski definition) is 1. The SMILES string of the molecule is Fc1cc(Cl)ccc1NCC(F)(F)F. The van der Waals surface area contributed by atoms with Crippen LogP contribution in [0.5, 0.6) is 0 Å². The van der Waals surface area contributed by atoms with Crippen molar-refractivity contribution in [3.8, 4) is 0 Å². The Morgan fingerprint density at radius 2 is 1.93 bits per heavy atom. The van der Waals surface area contributed by atoms with E-state index in [2.05, 4.69) is 0 Å². The van der Waals surface area contributed by atoms with Gasteiger partial charge in [-0.15, -0.1) is 0 Å². The van der Waals surface area contributed by atoms with E-state index in [1.165, 1.54) is 6.07 Å². The lowest BCUT2D eigenvalue weighted by molar-refractivity contribution is -0.115. The van der Waals surface area contributed by atoms with Crippen LogP contribution in [0, 0.1) is 5.82 Å². The molecule has 0 aliphatic rings. The first-order valence-electron chi connectivity index (χ1n) is 3.64. The van der Waals surface area contributed by atoms with Crippen LogP contribution in [0.2, 0.25) is 5.02 Å². The highest BCUT2D eigenvalue weighted by Gasteiger charge is 2.26. The third-order valence-corrected chi connectivity index (χ3v) is 1.65. The van der Waals surface area contributed by atoms with Crippen molar-refractivity contribution < 1.29 is 17.6 Å². The van der Waals surface area contributed by atoms with E-state index >= 15 is 0 Å². The Labute approximate surface area is 82.7 Å². The Morgan fingerprint density at radius 3 is 2.43 bits per heavy atom. The maximum atomic E-state index is 12.9. The highest BCUT2D eigenvalue weighted by Crippen LogP contribution is 2.21. The summed E-state index contributed by atoms with van der Waals surface area (Å²) in [5.74, 6) is -0.804. The van der Waals surface area contributed by atoms with Crippen LogP contribution in [0.1, 0.15) is 0 Å². The predicted octanol–water partition coefficient (Wildman–Crippen LogP) is 3.45. The molecule has 0 unspecified atom stereocenters. The molecule has 0 aliphatic carbocycles. The fourth-order valence-electron chi connectivity index (χ4n) is 0.828. The van der Waals surface area contributed by atoms with Gasteiger partial charge in [-0.1, -0.05) is 11.6 Å². The van der Waals surface area contributed by atoms with E-state index in [9.17, 15) is 17.6 Å². The normalized spacial score (nSPS) is 11.5. The maximum absolute atomic E-state index is 12.9. The molecule has 0 atom stereocenters. The average molecular weight is 228 g/mol. The van der Waals surface area contributed by atoms with Crippen LogP contribution in [0.3, 0.4) is 0 Å². The first-order valence-corrected chi connectivity index (χ1v) is 4.02. The van der Waals surface area contributed by atoms with Gasteiger partial charge in [0.15, 0.2) is 0 Å². The molecule has 0 bridgehead atoms. The Morgan fingerprint density at radius 1 is 1.29 bits per heavy atom. The predicted molar refractivity (Wildman–Crippen MR) is 46.0 cm³/mol. The smallest absolute Gasteiger partial charge is 0.374 e. The lowest BCUT2D eigenvalue weighted by Gasteiger charge is -2.09. The van der Waals surface area contributed by atoms with E-state index in [0.717, 1.165) is 12.1 Å². The molecule has 0 saturated heterocycles. The summed E-state index contributed by atoms with van der Waals surface area (Å²) in [6, 6.07) is 3.41. The van der Waals surface area contributed by atoms with E-state index in [4.69, 9.17) is 11.6 Å². The molecular weight excluding hydrogens is 222 g/mol. The first-order chi connectivity index (χ1) is 6.38. The fraction of sp³-hybridized carbons (Fsp3) is 0.250. The molecule has 78 valence electrons. The summed E-state index contributed by atoms with van der Waals surface area (Å²) in [5.41, 5.74) is -0.216. The van der Waals surface area contributed by atoms with Gasteiger partial charge in [-0.3, -0.25) is 0 Å². The maximum Gasteiger partial charge on any atom is 0.405 e. The van der Waals surface area contributed by atoms with Crippen LogP contribution in [0.4, 0.5) is 23.2 Å². The van der Waals surface area contributed by atoms with Gasteiger partial charge in [0.25, 0.3) is 0 Å². The molecule has 1 aromatic carbocycles. The molecule has 0 fully saturated rings. The molecule has 0 heterocycles. The number of nitrogens with one attached hydrogen (secondary N) is 1. The summed E-state index contributed by atoms with van der Waals surface area (Å²) >= 11 is 5.42. The van der Waals surface area contributed by atoms with Gasteiger partial charge in [-0.2, -0.15) is 13.2 Å². The van der Waals surface area contributed by atoms with Crippen LogP contribution in [0.15, 0.2) is 18.2 Å². The van der Waals surface area contributed by atoms with Gasteiger partial charge in [0, 0.05) is 5.02 Å². The summed E-state index contributed by atoms with van der Waals surface area (Å²) in [6.07, 6.45) is -4.37. The van der Waals surface area contributed by atoms with Gasteiger partial charge >= 0.3 is 6.18 Å². The van der Waals surface area contributed by atoms with Gasteiger partial charge in [0.1, 0.15) is 12.4 Å². The van der Waals surface area contributed by atoms with Crippen LogP contribution in [-0.4, -0.2) is 12.7 Å². The fourth-order valence-corrected chi connectivity index (χ4v) is 0.987. The molecule has 0 radical (unpaired) electrons. The molecule has 1 nitrogen and oxygen atoms in total. The van der Waals surface area contributed by atoms with Crippen molar-refractivity contribution in [3.05, 3.63) is 29.0 Å². The van der Waals surface area contributed by atoms with Crippen molar-refractivity contribution in [2.24, 2.45) is 0 Å². The van der Waals surface area contributed by atoms with Crippen LogP contribution in [0.25, 0.3) is 0 Å². The van der Waals surface area contributed by atoms with Crippen molar-refractivity contribution in [3.63, 3.8) is 0 Å². The average Bonchev–Trinajstić information content (AvgIpc) is 2.00. The molecule has 6 heteroatoms. The number of benzene rings is 1. The topological polar surface area (TPSA) is 12.0 Å². The molecule has 14 heavy (non-hydrogen) atoms. The second-order valence-electron chi connectivity index (χ2n) is 2.59. The highest BCUT2D eigenvalue weighted by atomic mass is 35.5. The molecule has 0 saturated carbocycles. The number of alkyl halides is 3. The van der Waals surface area contributed by atoms with Crippen molar-refractivity contribution in [2.45, 2.75) is 6.18 Å². The minimum absolute atomic E-state index is 0.139. The first kappa shape index (κ1) is 11.1. The zero-order valence-corrected chi connectivity index (χ0v) is 7.58. The number of halogens is 5. The van der Waals surface area contributed by atoms with E-state index in [1.54, 1.807) is 0 Å². The summed E-state index contributed by atoms with van der Waals surface area (Å²) in [5, 5.41) is 2.06. The van der Waals surface area contributed by atoms with Crippen LogP contribution >= 0.6 is 11.6 Å². The Kier molecular flexibility index (Phi) is 3.21. The quantitative estimate of drug-likeness (QED) is 0.763. The molecule has 1 N–H and O–H groups in total. The van der Waals surface area contributed by atoms with Gasteiger partial charge in [0.2, 0.25) is 0 Å². The standard InChI is InChI=1S/C8H6ClF4N/c9-5-1-2-7(6(10)3-5)14-4-8(11,12)13/h1-3,14H,4H2. The van der Waals surface area contributed by atoms with Gasteiger partial charge in [-0.05, 0) is 18.2 Å². The number of anilines is 1. The van der Waals surface area contributed by atoms with Gasteiger partial charge in [-0.25, -0.2) is 4.39 Å². The van der Waals surface area contributed by atoms with E-state index < -0.39 is 18.5 Å². The van der Waals surface area contributed by atoms with Crippen molar-refractivity contribution in [1.82, 2.24) is 0 Å². The number of hydrogen-bond acceptors (Lipinski definition) is 1. The lowest BCUT2D eigenvalue weighted by atomic mass is 10.3. The van der Waals surface area contributed by atoms with Gasteiger partial charge in [0.05, 0.1) is 5.69 Å². The van der Waals surface area contributed by atoms with E-state index in [0.29, 0.717) is 0 Å². The second kappa shape index (κ2) is 4.04. The number of rotatable bonds is 2. The summed E-state index contributed by atoms with van der Waals surface area (Å²) < 4.78 is 48.1. The van der Waals surface area contributed by atoms with Crippen LogP contribution in [-0.2, 0) is 0 Å². The molecule has 0 spiro atoms. The third-order valence-electron chi connectivity index (χ3n) is 1.41. The molecule has 1 rings (SSSR count). The Hall–Kier alpha value is -0.970. The minimum Gasteiger partial charge on any atom is -0.374 e. The molecule has 0 aromatic heterocycles. The second-order valence-corrected chi connectivity index (χ2v) is 3.03. The zero-order valence-electron chi connectivity index (χ0n) is 6.83. The summed E-state index contributed by atoms with van der Waals surface area (Å²) in [4.78, 5) is 0. The summed E-state index contributed by atoms with van der Waals surface area (Å²) in [6.45, 7) is -1.27. The van der Waals surface area contributed by atoms with Crippen molar-refractivity contribution >= 4 is 17.3 Å². The van der Waals surface area contributed by atoms with Crippen LogP contribution < -0.4 is 5.32 Å². The molecule has 1 aromatic rings. The molecule has 0 amide bonds. The highest BCUT2D eigenvalue weighted by molar-refractivity contribution is 6.30. The van der Waals surface area contributed by atoms with Gasteiger partial charge < -0.3 is 5.32 Å². The molecular formula is C8H6ClF4N. The lowest BCUT2D eigenvalue weighted by Crippen LogP contribution is -2.21. The van der Waals surface area contributed by atoms with Crippen molar-refractivity contribution in [2.75, 3.05) is 11.9 Å².